The number of nitrogens with one attached hydrogen (secondary N) is 1. The molecule has 9 heteroatoms. The van der Waals surface area contributed by atoms with Gasteiger partial charge in [0.05, 0.1) is 39.9 Å². The second-order valence-corrected chi connectivity index (χ2v) is 19.3. The number of carbonyl (C=O) groups is 1. The third-order valence-electron chi connectivity index (χ3n) is 10.6. The van der Waals surface area contributed by atoms with Gasteiger partial charge in [0.15, 0.2) is 0 Å². The van der Waals surface area contributed by atoms with Crippen LogP contribution >= 0.6 is 7.82 Å². The fourth-order valence-corrected chi connectivity index (χ4v) is 7.41. The highest BCUT2D eigenvalue weighted by molar-refractivity contribution is 7.47. The first-order valence-electron chi connectivity index (χ1n) is 25.0. The van der Waals surface area contributed by atoms with Gasteiger partial charge in [0.2, 0.25) is 5.91 Å². The van der Waals surface area contributed by atoms with Gasteiger partial charge in [-0.15, -0.1) is 0 Å². The van der Waals surface area contributed by atoms with Gasteiger partial charge in [-0.2, -0.15) is 0 Å². The summed E-state index contributed by atoms with van der Waals surface area (Å²) in [4.78, 5) is 23.1. The van der Waals surface area contributed by atoms with Crippen molar-refractivity contribution in [1.82, 2.24) is 5.32 Å². The van der Waals surface area contributed by atoms with Gasteiger partial charge in [0.25, 0.3) is 0 Å². The van der Waals surface area contributed by atoms with Crippen molar-refractivity contribution in [2.45, 2.75) is 206 Å². The van der Waals surface area contributed by atoms with Crippen LogP contribution in [0.1, 0.15) is 194 Å². The summed E-state index contributed by atoms with van der Waals surface area (Å²) in [5, 5.41) is 13.8. The molecule has 3 unspecified atom stereocenters. The highest BCUT2D eigenvalue weighted by atomic mass is 31.2. The first kappa shape index (κ1) is 59.7. The first-order chi connectivity index (χ1) is 30.0. The number of aliphatic hydroxyl groups excluding tert-OH is 1. The lowest BCUT2D eigenvalue weighted by Gasteiger charge is -2.25. The smallest absolute Gasteiger partial charge is 0.387 e. The number of amides is 1. The third kappa shape index (κ3) is 45.7. The Morgan fingerprint density at radius 3 is 1.48 bits per heavy atom. The Labute approximate surface area is 382 Å². The van der Waals surface area contributed by atoms with Gasteiger partial charge in [0, 0.05) is 6.42 Å². The average Bonchev–Trinajstić information content (AvgIpc) is 3.23. The number of allylic oxidation sites excluding steroid dienone is 13. The van der Waals surface area contributed by atoms with Gasteiger partial charge in [-0.05, 0) is 77.0 Å². The van der Waals surface area contributed by atoms with Crippen LogP contribution in [-0.4, -0.2) is 73.4 Å². The minimum atomic E-state index is -4.34. The minimum absolute atomic E-state index is 0.0530. The Morgan fingerprint density at radius 2 is 0.984 bits per heavy atom. The molecule has 0 spiro atoms. The molecular weight excluding hydrogens is 792 g/mol. The maximum Gasteiger partial charge on any atom is 0.472 e. The molecule has 0 radical (unpaired) electrons. The molecule has 0 saturated heterocycles. The Morgan fingerprint density at radius 1 is 0.565 bits per heavy atom. The number of quaternary nitrogens is 1. The molecule has 1 amide bonds. The standard InChI is InChI=1S/C53H95N2O6P/c1-6-8-10-12-14-16-17-18-19-20-21-22-23-24-25-26-27-28-29-30-31-32-33-34-35-36-37-39-41-43-45-47-53(57)54-51(50-61-62(58,59)60-49-48-55(3,4)5)52(56)46-44-42-40-38-15-13-11-9-7-2/h8,10,14-16,18-19,21-22,24-25,38,44,46,51-52,56H,6-7,9,11-13,17,20,23,26-37,39-43,45,47-50H2,1-5H3,(H-,54,57,58,59)/p+1/b10-8-,16-14-,19-18-,22-21-,25-24-,38-15+,46-44+. The molecule has 8 nitrogen and oxygen atoms in total. The van der Waals surface area contributed by atoms with Crippen molar-refractivity contribution in [1.29, 1.82) is 0 Å². The molecule has 0 aromatic rings. The fraction of sp³-hybridized carbons (Fsp3) is 0.717. The van der Waals surface area contributed by atoms with Crippen LogP contribution in [0.2, 0.25) is 0 Å². The van der Waals surface area contributed by atoms with Gasteiger partial charge in [0.1, 0.15) is 13.2 Å². The molecule has 0 rings (SSSR count). The van der Waals surface area contributed by atoms with E-state index in [1.807, 2.05) is 27.2 Å². The Balaban J connectivity index is 4.06. The number of phosphoric ester groups is 1. The number of aliphatic hydroxyl groups is 1. The molecule has 0 aliphatic heterocycles. The molecule has 358 valence electrons. The fourth-order valence-electron chi connectivity index (χ4n) is 6.67. The molecule has 3 N–H and O–H groups in total. The van der Waals surface area contributed by atoms with Crippen molar-refractivity contribution in [2.24, 2.45) is 0 Å². The van der Waals surface area contributed by atoms with Crippen LogP contribution in [0.4, 0.5) is 0 Å². The molecule has 0 fully saturated rings. The number of carbonyl (C=O) groups excluding carboxylic acids is 1. The van der Waals surface area contributed by atoms with Crippen LogP contribution in [0.5, 0.6) is 0 Å². The minimum Gasteiger partial charge on any atom is -0.387 e. The molecule has 0 aliphatic carbocycles. The number of hydrogen-bond acceptors (Lipinski definition) is 5. The van der Waals surface area contributed by atoms with Crippen LogP contribution in [0, 0.1) is 0 Å². The van der Waals surface area contributed by atoms with Crippen molar-refractivity contribution < 1.29 is 32.9 Å². The zero-order valence-corrected chi connectivity index (χ0v) is 41.5. The maximum atomic E-state index is 12.9. The van der Waals surface area contributed by atoms with Crippen LogP contribution in [0.25, 0.3) is 0 Å². The van der Waals surface area contributed by atoms with E-state index in [4.69, 9.17) is 9.05 Å². The molecule has 3 atom stereocenters. The Hall–Kier alpha value is -2.32. The highest BCUT2D eigenvalue weighted by Crippen LogP contribution is 2.43. The maximum absolute atomic E-state index is 12.9. The topological polar surface area (TPSA) is 105 Å². The van der Waals surface area contributed by atoms with Crippen molar-refractivity contribution >= 4 is 13.7 Å². The molecule has 0 bridgehead atoms. The van der Waals surface area contributed by atoms with E-state index in [0.717, 1.165) is 70.6 Å². The zero-order chi connectivity index (χ0) is 45.7. The second-order valence-electron chi connectivity index (χ2n) is 17.8. The number of nitrogens with zero attached hydrogens (tertiary/aromatic N) is 1. The lowest BCUT2D eigenvalue weighted by Crippen LogP contribution is -2.45. The number of rotatable bonds is 44. The number of hydrogen-bond donors (Lipinski definition) is 3. The zero-order valence-electron chi connectivity index (χ0n) is 40.6. The Bertz CT molecular complexity index is 1280. The summed E-state index contributed by atoms with van der Waals surface area (Å²) < 4.78 is 23.5. The monoisotopic (exact) mass is 888 g/mol. The van der Waals surface area contributed by atoms with E-state index < -0.39 is 20.0 Å². The van der Waals surface area contributed by atoms with E-state index in [1.165, 1.54) is 103 Å². The molecular formula is C53H96N2O6P+. The van der Waals surface area contributed by atoms with Gasteiger partial charge in [-0.1, -0.05) is 195 Å². The van der Waals surface area contributed by atoms with Crippen LogP contribution in [0.15, 0.2) is 85.1 Å². The van der Waals surface area contributed by atoms with Crippen molar-refractivity contribution in [3.8, 4) is 0 Å². The summed E-state index contributed by atoms with van der Waals surface area (Å²) >= 11 is 0. The third-order valence-corrected chi connectivity index (χ3v) is 11.6. The van der Waals surface area contributed by atoms with Gasteiger partial charge >= 0.3 is 7.82 Å². The average molecular weight is 888 g/mol. The summed E-state index contributed by atoms with van der Waals surface area (Å²) in [7, 11) is 1.54. The SMILES string of the molecule is CC/C=C\C/C=C\C/C=C\C/C=C\C/C=C\CCCCCCCCCCCCCCCCCC(=O)NC(COP(=O)(O)OCC[N+](C)(C)C)C(O)/C=C/CC/C=C/CCCCC. The summed E-state index contributed by atoms with van der Waals surface area (Å²) in [5.74, 6) is -0.193. The van der Waals surface area contributed by atoms with E-state index in [-0.39, 0.29) is 19.1 Å². The normalized spacial score (nSPS) is 14.9. The number of phosphoric acid groups is 1. The van der Waals surface area contributed by atoms with Crippen LogP contribution in [-0.2, 0) is 18.4 Å². The lowest BCUT2D eigenvalue weighted by molar-refractivity contribution is -0.870. The van der Waals surface area contributed by atoms with Gasteiger partial charge < -0.3 is 19.8 Å². The quantitative estimate of drug-likeness (QED) is 0.0244. The molecule has 0 heterocycles. The Kier molecular flexibility index (Phi) is 42.3. The predicted molar refractivity (Wildman–Crippen MR) is 267 cm³/mol. The van der Waals surface area contributed by atoms with Gasteiger partial charge in [-0.3, -0.25) is 13.8 Å². The van der Waals surface area contributed by atoms with Crippen molar-refractivity contribution in [3.05, 3.63) is 85.1 Å². The molecule has 62 heavy (non-hydrogen) atoms. The van der Waals surface area contributed by atoms with E-state index >= 15 is 0 Å². The van der Waals surface area contributed by atoms with Crippen LogP contribution in [0.3, 0.4) is 0 Å². The van der Waals surface area contributed by atoms with E-state index in [1.54, 1.807) is 6.08 Å². The summed E-state index contributed by atoms with van der Waals surface area (Å²) in [6, 6.07) is -0.864. The summed E-state index contributed by atoms with van der Waals surface area (Å²) in [6.45, 7) is 4.61. The first-order valence-corrected chi connectivity index (χ1v) is 26.5. The predicted octanol–water partition coefficient (Wildman–Crippen LogP) is 14.5. The molecule has 0 aromatic heterocycles. The van der Waals surface area contributed by atoms with Crippen molar-refractivity contribution in [3.63, 3.8) is 0 Å². The molecule has 0 aliphatic rings. The second kappa shape index (κ2) is 43.9. The summed E-state index contributed by atoms with van der Waals surface area (Å²) in [5.41, 5.74) is 0. The van der Waals surface area contributed by atoms with E-state index in [9.17, 15) is 19.4 Å². The largest absolute Gasteiger partial charge is 0.472 e. The summed E-state index contributed by atoms with van der Waals surface area (Å²) in [6.07, 6.45) is 61.2. The van der Waals surface area contributed by atoms with Gasteiger partial charge in [-0.25, -0.2) is 4.57 Å². The van der Waals surface area contributed by atoms with Crippen molar-refractivity contribution in [2.75, 3.05) is 40.9 Å². The molecule has 0 aromatic carbocycles. The van der Waals surface area contributed by atoms with E-state index in [2.05, 4.69) is 92.1 Å². The van der Waals surface area contributed by atoms with E-state index in [0.29, 0.717) is 17.4 Å². The lowest BCUT2D eigenvalue weighted by atomic mass is 10.0. The number of likely N-dealkylation sites (N-methyl/N-ethyl adjacent to an activating group) is 1. The van der Waals surface area contributed by atoms with Crippen LogP contribution < -0.4 is 5.32 Å². The molecule has 0 saturated carbocycles. The highest BCUT2D eigenvalue weighted by Gasteiger charge is 2.27. The number of unbranched alkanes of at least 4 members (excludes halogenated alkanes) is 19.